The summed E-state index contributed by atoms with van der Waals surface area (Å²) in [5, 5.41) is 6.49. The number of pyridine rings is 1. The predicted molar refractivity (Wildman–Crippen MR) is 142 cm³/mol. The summed E-state index contributed by atoms with van der Waals surface area (Å²) in [5.41, 5.74) is 4.36. The van der Waals surface area contributed by atoms with Crippen molar-refractivity contribution < 1.29 is 23.4 Å². The average molecular weight is 521 g/mol. The van der Waals surface area contributed by atoms with E-state index in [2.05, 4.69) is 20.6 Å². The summed E-state index contributed by atoms with van der Waals surface area (Å²) in [4.78, 5) is 21.1. The molecule has 38 heavy (non-hydrogen) atoms. The number of nitrogens with one attached hydrogen (secondary N) is 3. The summed E-state index contributed by atoms with van der Waals surface area (Å²) in [7, 11) is 0. The molecule has 1 saturated heterocycles. The van der Waals surface area contributed by atoms with Crippen LogP contribution in [0.15, 0.2) is 36.7 Å². The highest BCUT2D eigenvalue weighted by Gasteiger charge is 2.51. The summed E-state index contributed by atoms with van der Waals surface area (Å²) in [6, 6.07) is 6.83. The number of rotatable bonds is 7. The van der Waals surface area contributed by atoms with Gasteiger partial charge in [0.1, 0.15) is 24.3 Å². The van der Waals surface area contributed by atoms with Gasteiger partial charge in [0.05, 0.1) is 42.0 Å². The second-order valence-electron chi connectivity index (χ2n) is 11.0. The second kappa shape index (κ2) is 9.39. The van der Waals surface area contributed by atoms with Gasteiger partial charge in [-0.1, -0.05) is 13.0 Å². The van der Waals surface area contributed by atoms with Crippen LogP contribution in [0.2, 0.25) is 0 Å². The lowest BCUT2D eigenvalue weighted by Crippen LogP contribution is -2.44. The van der Waals surface area contributed by atoms with Gasteiger partial charge in [-0.05, 0) is 51.3 Å². The van der Waals surface area contributed by atoms with Gasteiger partial charge in [-0.25, -0.2) is 4.39 Å². The molecule has 1 atom stereocenters. The minimum Gasteiger partial charge on any atom is -0.488 e. The van der Waals surface area contributed by atoms with Crippen molar-refractivity contribution in [2.45, 2.75) is 57.2 Å². The van der Waals surface area contributed by atoms with Crippen molar-refractivity contribution in [3.63, 3.8) is 0 Å². The van der Waals surface area contributed by atoms with Crippen LogP contribution in [0.25, 0.3) is 11.3 Å². The summed E-state index contributed by atoms with van der Waals surface area (Å²) >= 11 is 0. The third kappa shape index (κ3) is 4.43. The number of hydrogen-bond donors (Lipinski definition) is 3. The highest BCUT2D eigenvalue weighted by molar-refractivity contribution is 6.07. The number of amides is 1. The zero-order valence-corrected chi connectivity index (χ0v) is 21.9. The van der Waals surface area contributed by atoms with E-state index in [9.17, 15) is 9.18 Å². The quantitative estimate of drug-likeness (QED) is 0.411. The number of anilines is 2. The Morgan fingerprint density at radius 3 is 2.84 bits per heavy atom. The first-order valence-corrected chi connectivity index (χ1v) is 13.2. The predicted octanol–water partition coefficient (Wildman–Crippen LogP) is 4.87. The molecule has 6 rings (SSSR count). The van der Waals surface area contributed by atoms with E-state index in [1.165, 1.54) is 6.07 Å². The average Bonchev–Trinajstić information content (AvgIpc) is 3.58. The molecule has 1 saturated carbocycles. The van der Waals surface area contributed by atoms with Crippen molar-refractivity contribution >= 4 is 17.3 Å². The van der Waals surface area contributed by atoms with E-state index >= 15 is 0 Å². The van der Waals surface area contributed by atoms with Crippen LogP contribution in [0, 0.1) is 5.82 Å². The molecule has 1 spiro atoms. The van der Waals surface area contributed by atoms with Crippen LogP contribution in [-0.4, -0.2) is 53.9 Å². The summed E-state index contributed by atoms with van der Waals surface area (Å²) in [6.07, 6.45) is 5.66. The number of halogens is 1. The molecular formula is C29H33FN4O4. The van der Waals surface area contributed by atoms with E-state index in [1.54, 1.807) is 18.5 Å². The molecule has 2 aliphatic heterocycles. The van der Waals surface area contributed by atoms with Gasteiger partial charge in [-0.2, -0.15) is 0 Å². The number of fused-ring (bicyclic) bond motifs is 2. The minimum atomic E-state index is -0.312. The topological polar surface area (TPSA) is 97.5 Å². The molecule has 200 valence electrons. The molecular weight excluding hydrogens is 487 g/mol. The number of aromatic amines is 1. The van der Waals surface area contributed by atoms with Crippen LogP contribution in [0.5, 0.6) is 5.75 Å². The number of ether oxygens (including phenoxy) is 3. The first-order valence-electron chi connectivity index (χ1n) is 13.2. The Balaban J connectivity index is 1.40. The van der Waals surface area contributed by atoms with Gasteiger partial charge in [0, 0.05) is 40.7 Å². The van der Waals surface area contributed by atoms with E-state index in [0.29, 0.717) is 66.7 Å². The van der Waals surface area contributed by atoms with E-state index in [-0.39, 0.29) is 28.8 Å². The highest BCUT2D eigenvalue weighted by atomic mass is 19.1. The van der Waals surface area contributed by atoms with Gasteiger partial charge in [0.2, 0.25) is 0 Å². The minimum absolute atomic E-state index is 0.0957. The molecule has 2 fully saturated rings. The largest absolute Gasteiger partial charge is 0.488 e. The number of benzene rings is 1. The monoisotopic (exact) mass is 520 g/mol. The van der Waals surface area contributed by atoms with Crippen molar-refractivity contribution in [2.75, 3.05) is 31.7 Å². The molecule has 8 nitrogen and oxygen atoms in total. The summed E-state index contributed by atoms with van der Waals surface area (Å²) in [6.45, 7) is 7.74. The standard InChI is InChI=1S/C29H33FN4O4/c1-4-18-20(30)6-5-7-21(18)33-25-23-26(29(9-10-29)15-32-27(23)35)34-24(25)19-8-11-31-12-22(19)36-13-17-14-38-28(2,3)16-37-17/h5-8,11-12,17,33-34H,4,9-10,13-16H2,1-3H3,(H,32,35)/t17-/m1/s1. The Bertz CT molecular complexity index is 1370. The van der Waals surface area contributed by atoms with Gasteiger partial charge in [-0.3, -0.25) is 9.78 Å². The lowest BCUT2D eigenvalue weighted by Gasteiger charge is -2.34. The number of aromatic nitrogens is 2. The first-order chi connectivity index (χ1) is 18.3. The lowest BCUT2D eigenvalue weighted by molar-refractivity contribution is -0.181. The number of hydrogen-bond acceptors (Lipinski definition) is 6. The third-order valence-corrected chi connectivity index (χ3v) is 7.74. The summed E-state index contributed by atoms with van der Waals surface area (Å²) < 4.78 is 32.7. The van der Waals surface area contributed by atoms with Gasteiger partial charge in [0.15, 0.2) is 0 Å². The molecule has 3 aromatic rings. The zero-order chi connectivity index (χ0) is 26.5. The van der Waals surface area contributed by atoms with Crippen LogP contribution < -0.4 is 15.4 Å². The lowest BCUT2D eigenvalue weighted by atomic mass is 9.93. The molecule has 1 amide bonds. The fraction of sp³-hybridized carbons (Fsp3) is 0.448. The molecule has 9 heteroatoms. The molecule has 3 aliphatic rings. The molecule has 0 bridgehead atoms. The molecule has 3 N–H and O–H groups in total. The zero-order valence-electron chi connectivity index (χ0n) is 21.9. The van der Waals surface area contributed by atoms with Crippen LogP contribution in [0.1, 0.15) is 55.2 Å². The third-order valence-electron chi connectivity index (χ3n) is 7.74. The van der Waals surface area contributed by atoms with E-state index < -0.39 is 0 Å². The number of H-pyrrole nitrogens is 1. The van der Waals surface area contributed by atoms with Crippen molar-refractivity contribution in [3.05, 3.63) is 59.3 Å². The van der Waals surface area contributed by atoms with Gasteiger partial charge < -0.3 is 29.8 Å². The number of carbonyl (C=O) groups is 1. The summed E-state index contributed by atoms with van der Waals surface area (Å²) in [5.74, 6) is 0.129. The second-order valence-corrected chi connectivity index (χ2v) is 11.0. The van der Waals surface area contributed by atoms with Crippen molar-refractivity contribution in [1.82, 2.24) is 15.3 Å². The highest BCUT2D eigenvalue weighted by Crippen LogP contribution is 2.54. The Kier molecular flexibility index (Phi) is 6.15. The van der Waals surface area contributed by atoms with Gasteiger partial charge in [0.25, 0.3) is 5.91 Å². The molecule has 2 aromatic heterocycles. The fourth-order valence-electron chi connectivity index (χ4n) is 5.33. The van der Waals surface area contributed by atoms with Crippen molar-refractivity contribution in [3.8, 4) is 17.0 Å². The Labute approximate surface area is 221 Å². The smallest absolute Gasteiger partial charge is 0.255 e. The van der Waals surface area contributed by atoms with E-state index in [1.807, 2.05) is 32.9 Å². The van der Waals surface area contributed by atoms with Crippen LogP contribution in [-0.2, 0) is 21.3 Å². The van der Waals surface area contributed by atoms with E-state index in [0.717, 1.165) is 24.1 Å². The molecule has 4 heterocycles. The molecule has 1 aliphatic carbocycles. The Hall–Kier alpha value is -3.43. The number of nitrogens with zero attached hydrogens (tertiary/aromatic N) is 1. The van der Waals surface area contributed by atoms with Crippen LogP contribution in [0.4, 0.5) is 15.8 Å². The van der Waals surface area contributed by atoms with E-state index in [4.69, 9.17) is 14.2 Å². The fourth-order valence-corrected chi connectivity index (χ4v) is 5.33. The maximum absolute atomic E-state index is 14.7. The normalized spacial score (nSPS) is 21.1. The van der Waals surface area contributed by atoms with Gasteiger partial charge in [-0.15, -0.1) is 0 Å². The van der Waals surface area contributed by atoms with Crippen molar-refractivity contribution in [2.24, 2.45) is 0 Å². The van der Waals surface area contributed by atoms with Crippen LogP contribution >= 0.6 is 0 Å². The van der Waals surface area contributed by atoms with Crippen LogP contribution in [0.3, 0.4) is 0 Å². The maximum Gasteiger partial charge on any atom is 0.255 e. The molecule has 1 aromatic carbocycles. The Morgan fingerprint density at radius 1 is 1.26 bits per heavy atom. The molecule has 0 radical (unpaired) electrons. The van der Waals surface area contributed by atoms with Gasteiger partial charge >= 0.3 is 0 Å². The Morgan fingerprint density at radius 2 is 2.11 bits per heavy atom. The van der Waals surface area contributed by atoms with Crippen molar-refractivity contribution in [1.29, 1.82) is 0 Å². The number of carbonyl (C=O) groups excluding carboxylic acids is 1. The first kappa shape index (κ1) is 24.9. The SMILES string of the molecule is CCc1c(F)cccc1Nc1c(-c2ccncc2OC[C@@H]2COC(C)(C)CO2)[nH]c2c1C(=O)NCC21CC1. The maximum atomic E-state index is 14.7. The molecule has 0 unspecified atom stereocenters.